The molecule has 0 unspecified atom stereocenters. The summed E-state index contributed by atoms with van der Waals surface area (Å²) in [4.78, 5) is 4.53. The molecule has 0 saturated carbocycles. The van der Waals surface area contributed by atoms with E-state index in [4.69, 9.17) is 15.7 Å². The molecule has 1 aliphatic rings. The standard InChI is InChI=1S/C14H21N3O2/c1-2-3-4-8-19-14-11(13(15)17-18)9-10-6-5-7-12(10)16-14/h9,18H,2-8H2,1H3,(H2,15,17). The van der Waals surface area contributed by atoms with Crippen molar-refractivity contribution >= 4 is 5.84 Å². The van der Waals surface area contributed by atoms with Crippen LogP contribution in [0.1, 0.15) is 49.4 Å². The predicted molar refractivity (Wildman–Crippen MR) is 73.8 cm³/mol. The number of hydrogen-bond acceptors (Lipinski definition) is 4. The number of pyridine rings is 1. The molecule has 0 aromatic carbocycles. The van der Waals surface area contributed by atoms with Crippen molar-refractivity contribution in [3.8, 4) is 5.88 Å². The molecule has 0 amide bonds. The Morgan fingerprint density at radius 3 is 3.05 bits per heavy atom. The van der Waals surface area contributed by atoms with Gasteiger partial charge in [0.1, 0.15) is 0 Å². The fraction of sp³-hybridized carbons (Fsp3) is 0.571. The summed E-state index contributed by atoms with van der Waals surface area (Å²) in [5.41, 5.74) is 8.56. The number of fused-ring (bicyclic) bond motifs is 1. The van der Waals surface area contributed by atoms with E-state index in [0.717, 1.165) is 44.2 Å². The Labute approximate surface area is 113 Å². The van der Waals surface area contributed by atoms with Crippen LogP contribution in [-0.4, -0.2) is 22.6 Å². The molecule has 0 aliphatic heterocycles. The highest BCUT2D eigenvalue weighted by Gasteiger charge is 2.19. The number of ether oxygens (including phenoxy) is 1. The Bertz CT molecular complexity index is 472. The van der Waals surface area contributed by atoms with E-state index < -0.39 is 0 Å². The molecule has 0 spiro atoms. The van der Waals surface area contributed by atoms with Gasteiger partial charge in [-0.05, 0) is 37.3 Å². The molecule has 0 bridgehead atoms. The van der Waals surface area contributed by atoms with Gasteiger partial charge in [0.15, 0.2) is 5.84 Å². The van der Waals surface area contributed by atoms with E-state index >= 15 is 0 Å². The lowest BCUT2D eigenvalue weighted by atomic mass is 10.1. The first kappa shape index (κ1) is 13.6. The van der Waals surface area contributed by atoms with Crippen LogP contribution >= 0.6 is 0 Å². The van der Waals surface area contributed by atoms with E-state index in [2.05, 4.69) is 17.1 Å². The maximum absolute atomic E-state index is 8.85. The third-order valence-corrected chi connectivity index (χ3v) is 3.39. The molecule has 1 aromatic heterocycles. The highest BCUT2D eigenvalue weighted by molar-refractivity contribution is 5.99. The highest BCUT2D eigenvalue weighted by Crippen LogP contribution is 2.26. The van der Waals surface area contributed by atoms with Crippen molar-refractivity contribution in [1.29, 1.82) is 0 Å². The molecule has 5 heteroatoms. The summed E-state index contributed by atoms with van der Waals surface area (Å²) >= 11 is 0. The monoisotopic (exact) mass is 263 g/mol. The van der Waals surface area contributed by atoms with Crippen molar-refractivity contribution in [2.24, 2.45) is 10.9 Å². The van der Waals surface area contributed by atoms with Crippen LogP contribution in [-0.2, 0) is 12.8 Å². The van der Waals surface area contributed by atoms with Crippen molar-refractivity contribution < 1.29 is 9.94 Å². The smallest absolute Gasteiger partial charge is 0.224 e. The summed E-state index contributed by atoms with van der Waals surface area (Å²) in [6.07, 6.45) is 6.36. The van der Waals surface area contributed by atoms with Crippen LogP contribution in [0.5, 0.6) is 5.88 Å². The molecule has 1 aliphatic carbocycles. The molecule has 5 nitrogen and oxygen atoms in total. The number of amidine groups is 1. The lowest BCUT2D eigenvalue weighted by Crippen LogP contribution is -2.17. The number of unbranched alkanes of at least 4 members (excludes halogenated alkanes) is 2. The molecule has 1 heterocycles. The van der Waals surface area contributed by atoms with E-state index in [0.29, 0.717) is 18.1 Å². The molecular formula is C14H21N3O2. The topological polar surface area (TPSA) is 80.7 Å². The largest absolute Gasteiger partial charge is 0.477 e. The first-order chi connectivity index (χ1) is 9.26. The van der Waals surface area contributed by atoms with Crippen LogP contribution in [0.4, 0.5) is 0 Å². The van der Waals surface area contributed by atoms with Crippen molar-refractivity contribution in [3.63, 3.8) is 0 Å². The molecule has 104 valence electrons. The number of oxime groups is 1. The molecule has 0 radical (unpaired) electrons. The number of rotatable bonds is 6. The van der Waals surface area contributed by atoms with Crippen LogP contribution in [0.25, 0.3) is 0 Å². The summed E-state index contributed by atoms with van der Waals surface area (Å²) < 4.78 is 5.70. The van der Waals surface area contributed by atoms with E-state index in [-0.39, 0.29) is 5.84 Å². The summed E-state index contributed by atoms with van der Waals surface area (Å²) in [6, 6.07) is 1.94. The van der Waals surface area contributed by atoms with Crippen molar-refractivity contribution in [3.05, 3.63) is 22.9 Å². The van der Waals surface area contributed by atoms with Gasteiger partial charge >= 0.3 is 0 Å². The predicted octanol–water partition coefficient (Wildman–Crippen LogP) is 2.23. The second-order valence-corrected chi connectivity index (χ2v) is 4.84. The van der Waals surface area contributed by atoms with Gasteiger partial charge in [-0.15, -0.1) is 0 Å². The third kappa shape index (κ3) is 3.16. The van der Waals surface area contributed by atoms with Gasteiger partial charge in [-0.2, -0.15) is 0 Å². The van der Waals surface area contributed by atoms with Gasteiger partial charge < -0.3 is 15.7 Å². The van der Waals surface area contributed by atoms with Gasteiger partial charge in [-0.25, -0.2) is 4.98 Å². The first-order valence-corrected chi connectivity index (χ1v) is 6.89. The maximum Gasteiger partial charge on any atom is 0.224 e. The molecule has 0 saturated heterocycles. The second-order valence-electron chi connectivity index (χ2n) is 4.84. The van der Waals surface area contributed by atoms with E-state index in [1.807, 2.05) is 6.07 Å². The van der Waals surface area contributed by atoms with Crippen LogP contribution in [0, 0.1) is 0 Å². The van der Waals surface area contributed by atoms with E-state index in [9.17, 15) is 0 Å². The van der Waals surface area contributed by atoms with Gasteiger partial charge in [0.05, 0.1) is 12.2 Å². The SMILES string of the molecule is CCCCCOc1nc2c(cc1C(N)=NO)CCC2. The van der Waals surface area contributed by atoms with E-state index in [1.165, 1.54) is 5.56 Å². The zero-order valence-electron chi connectivity index (χ0n) is 11.4. The number of nitrogens with two attached hydrogens (primary N) is 1. The minimum atomic E-state index is 0.0627. The van der Waals surface area contributed by atoms with Crippen LogP contribution < -0.4 is 10.5 Å². The first-order valence-electron chi connectivity index (χ1n) is 6.89. The lowest BCUT2D eigenvalue weighted by molar-refractivity contribution is 0.292. The van der Waals surface area contributed by atoms with Crippen molar-refractivity contribution in [1.82, 2.24) is 4.98 Å². The van der Waals surface area contributed by atoms with Crippen LogP contribution in [0.3, 0.4) is 0 Å². The quantitative estimate of drug-likeness (QED) is 0.271. The van der Waals surface area contributed by atoms with Crippen LogP contribution in [0.2, 0.25) is 0 Å². The second kappa shape index (κ2) is 6.41. The Morgan fingerprint density at radius 2 is 2.32 bits per heavy atom. The number of nitrogens with zero attached hydrogens (tertiary/aromatic N) is 2. The van der Waals surface area contributed by atoms with Crippen molar-refractivity contribution in [2.75, 3.05) is 6.61 Å². The summed E-state index contributed by atoms with van der Waals surface area (Å²) in [5, 5.41) is 11.9. The number of aryl methyl sites for hydroxylation is 2. The molecule has 19 heavy (non-hydrogen) atoms. The Morgan fingerprint density at radius 1 is 1.47 bits per heavy atom. The molecule has 1 aromatic rings. The Hall–Kier alpha value is -1.78. The maximum atomic E-state index is 8.85. The average Bonchev–Trinajstić information content (AvgIpc) is 2.89. The summed E-state index contributed by atoms with van der Waals surface area (Å²) in [6.45, 7) is 2.76. The number of aromatic nitrogens is 1. The fourth-order valence-electron chi connectivity index (χ4n) is 2.32. The minimum Gasteiger partial charge on any atom is -0.477 e. The molecule has 0 fully saturated rings. The van der Waals surface area contributed by atoms with E-state index in [1.54, 1.807) is 0 Å². The third-order valence-electron chi connectivity index (χ3n) is 3.39. The van der Waals surface area contributed by atoms with Gasteiger partial charge in [0, 0.05) is 5.69 Å². The fourth-order valence-corrected chi connectivity index (χ4v) is 2.32. The normalized spacial score (nSPS) is 14.5. The zero-order valence-corrected chi connectivity index (χ0v) is 11.4. The Balaban J connectivity index is 2.19. The minimum absolute atomic E-state index is 0.0627. The Kier molecular flexibility index (Phi) is 4.60. The summed E-state index contributed by atoms with van der Waals surface area (Å²) in [5.74, 6) is 0.555. The van der Waals surface area contributed by atoms with Gasteiger partial charge in [0.25, 0.3) is 0 Å². The molecule has 0 atom stereocenters. The zero-order chi connectivity index (χ0) is 13.7. The van der Waals surface area contributed by atoms with Gasteiger partial charge in [-0.1, -0.05) is 24.9 Å². The number of hydrogen-bond donors (Lipinski definition) is 2. The molecule has 3 N–H and O–H groups in total. The highest BCUT2D eigenvalue weighted by atomic mass is 16.5. The lowest BCUT2D eigenvalue weighted by Gasteiger charge is -2.11. The molecular weight excluding hydrogens is 242 g/mol. The molecule has 2 rings (SSSR count). The summed E-state index contributed by atoms with van der Waals surface area (Å²) in [7, 11) is 0. The average molecular weight is 263 g/mol. The van der Waals surface area contributed by atoms with Crippen molar-refractivity contribution in [2.45, 2.75) is 45.4 Å². The van der Waals surface area contributed by atoms with Gasteiger partial charge in [0.2, 0.25) is 5.88 Å². The van der Waals surface area contributed by atoms with Gasteiger partial charge in [-0.3, -0.25) is 0 Å². The van der Waals surface area contributed by atoms with Crippen LogP contribution in [0.15, 0.2) is 11.2 Å².